The number of methoxy groups -OCH3 is 1. The highest BCUT2D eigenvalue weighted by atomic mass is 16.6. The Balaban J connectivity index is 2.04. The van der Waals surface area contributed by atoms with Crippen LogP contribution in [0.4, 0.5) is 4.79 Å². The van der Waals surface area contributed by atoms with Crippen molar-refractivity contribution >= 4 is 6.09 Å². The largest absolute Gasteiger partial charge is 0.444 e. The van der Waals surface area contributed by atoms with Crippen molar-refractivity contribution in [1.82, 2.24) is 9.80 Å². The molecule has 146 valence electrons. The van der Waals surface area contributed by atoms with Gasteiger partial charge in [0, 0.05) is 33.3 Å². The van der Waals surface area contributed by atoms with Crippen molar-refractivity contribution in [1.29, 1.82) is 0 Å². The van der Waals surface area contributed by atoms with Gasteiger partial charge in [-0.1, -0.05) is 30.3 Å². The zero-order valence-electron chi connectivity index (χ0n) is 16.4. The molecule has 1 N–H and O–H groups in total. The maximum atomic E-state index is 12.6. The van der Waals surface area contributed by atoms with E-state index in [1.165, 1.54) is 5.56 Å². The van der Waals surface area contributed by atoms with Crippen LogP contribution in [0.3, 0.4) is 0 Å². The molecular formula is C20H32N2O4. The minimum Gasteiger partial charge on any atom is -0.444 e. The van der Waals surface area contributed by atoms with Crippen molar-refractivity contribution in [2.75, 3.05) is 33.4 Å². The first-order valence-corrected chi connectivity index (χ1v) is 9.21. The predicted molar refractivity (Wildman–Crippen MR) is 101 cm³/mol. The summed E-state index contributed by atoms with van der Waals surface area (Å²) in [6.07, 6.45) is -0.448. The van der Waals surface area contributed by atoms with Gasteiger partial charge >= 0.3 is 6.09 Å². The maximum Gasteiger partial charge on any atom is 0.410 e. The fourth-order valence-corrected chi connectivity index (χ4v) is 3.24. The normalized spacial score (nSPS) is 20.0. The van der Waals surface area contributed by atoms with Crippen LogP contribution in [-0.2, 0) is 16.0 Å². The molecule has 0 spiro atoms. The standard InChI is InChI=1S/C20H32N2O4/c1-20(2,3)26-19(24)22-11-10-21(13-16-8-6-5-7-9-16)14-17(22)12-18(23)15-25-4/h5-9,17-18,23H,10-15H2,1-4H3/t17?,18-/m0/s1. The first-order valence-electron chi connectivity index (χ1n) is 9.21. The first kappa shape index (κ1) is 20.7. The number of carbonyl (C=O) groups is 1. The second kappa shape index (κ2) is 9.35. The first-order chi connectivity index (χ1) is 12.3. The van der Waals surface area contributed by atoms with Gasteiger partial charge in [-0.15, -0.1) is 0 Å². The molecule has 1 aliphatic heterocycles. The van der Waals surface area contributed by atoms with Crippen LogP contribution in [0, 0.1) is 0 Å². The topological polar surface area (TPSA) is 62.2 Å². The molecule has 2 rings (SSSR count). The van der Waals surface area contributed by atoms with E-state index in [1.54, 1.807) is 12.0 Å². The molecule has 1 aromatic rings. The van der Waals surface area contributed by atoms with E-state index in [1.807, 2.05) is 39.0 Å². The molecule has 0 saturated carbocycles. The van der Waals surface area contributed by atoms with E-state index >= 15 is 0 Å². The zero-order valence-corrected chi connectivity index (χ0v) is 16.4. The van der Waals surface area contributed by atoms with Crippen LogP contribution in [0.2, 0.25) is 0 Å². The number of hydrogen-bond acceptors (Lipinski definition) is 5. The molecule has 1 unspecified atom stereocenters. The van der Waals surface area contributed by atoms with Gasteiger partial charge in [0.25, 0.3) is 0 Å². The average molecular weight is 364 g/mol. The third kappa shape index (κ3) is 6.59. The summed E-state index contributed by atoms with van der Waals surface area (Å²) in [6.45, 7) is 8.77. The lowest BCUT2D eigenvalue weighted by Gasteiger charge is -2.42. The third-order valence-corrected chi connectivity index (χ3v) is 4.35. The Morgan fingerprint density at radius 1 is 1.27 bits per heavy atom. The quantitative estimate of drug-likeness (QED) is 0.840. The molecule has 0 aromatic heterocycles. The Morgan fingerprint density at radius 3 is 2.58 bits per heavy atom. The number of hydrogen-bond donors (Lipinski definition) is 1. The molecule has 0 bridgehead atoms. The molecule has 1 aromatic carbocycles. The van der Waals surface area contributed by atoms with E-state index in [-0.39, 0.29) is 18.7 Å². The molecule has 26 heavy (non-hydrogen) atoms. The summed E-state index contributed by atoms with van der Waals surface area (Å²) in [5, 5.41) is 10.2. The molecule has 1 aliphatic rings. The highest BCUT2D eigenvalue weighted by Gasteiger charge is 2.34. The van der Waals surface area contributed by atoms with E-state index < -0.39 is 11.7 Å². The van der Waals surface area contributed by atoms with Crippen LogP contribution in [0.1, 0.15) is 32.8 Å². The molecule has 6 heteroatoms. The monoisotopic (exact) mass is 364 g/mol. The molecule has 2 atom stereocenters. The fourth-order valence-electron chi connectivity index (χ4n) is 3.24. The summed E-state index contributed by atoms with van der Waals surface area (Å²) in [7, 11) is 1.57. The number of amides is 1. The fraction of sp³-hybridized carbons (Fsp3) is 0.650. The molecule has 1 amide bonds. The number of benzene rings is 1. The molecule has 0 radical (unpaired) electrons. The van der Waals surface area contributed by atoms with Gasteiger partial charge in [0.05, 0.1) is 18.8 Å². The van der Waals surface area contributed by atoms with Crippen LogP contribution in [0.15, 0.2) is 30.3 Å². The smallest absolute Gasteiger partial charge is 0.410 e. The number of ether oxygens (including phenoxy) is 2. The van der Waals surface area contributed by atoms with Gasteiger partial charge in [-0.25, -0.2) is 4.79 Å². The van der Waals surface area contributed by atoms with Crippen LogP contribution in [-0.4, -0.2) is 72.1 Å². The number of aliphatic hydroxyl groups is 1. The lowest BCUT2D eigenvalue weighted by atomic mass is 10.0. The number of rotatable bonds is 6. The summed E-state index contributed by atoms with van der Waals surface area (Å²) in [5.74, 6) is 0. The van der Waals surface area contributed by atoms with Gasteiger partial charge in [-0.2, -0.15) is 0 Å². The lowest BCUT2D eigenvalue weighted by molar-refractivity contribution is -0.0191. The van der Waals surface area contributed by atoms with E-state index in [0.29, 0.717) is 19.5 Å². The number of aliphatic hydroxyl groups excluding tert-OH is 1. The zero-order chi connectivity index (χ0) is 19.2. The Kier molecular flexibility index (Phi) is 7.43. The molecule has 6 nitrogen and oxygen atoms in total. The van der Waals surface area contributed by atoms with Crippen molar-refractivity contribution in [3.8, 4) is 0 Å². The molecule has 1 heterocycles. The molecular weight excluding hydrogens is 332 g/mol. The SMILES string of the molecule is COC[C@@H](O)CC1CN(Cc2ccccc2)CCN1C(=O)OC(C)(C)C. The summed E-state index contributed by atoms with van der Waals surface area (Å²) >= 11 is 0. The van der Waals surface area contributed by atoms with Gasteiger partial charge in [-0.3, -0.25) is 4.90 Å². The van der Waals surface area contributed by atoms with Crippen molar-refractivity contribution in [2.45, 2.75) is 51.5 Å². The minimum absolute atomic E-state index is 0.104. The van der Waals surface area contributed by atoms with E-state index in [4.69, 9.17) is 9.47 Å². The molecule has 1 fully saturated rings. The van der Waals surface area contributed by atoms with Crippen molar-refractivity contribution < 1.29 is 19.4 Å². The average Bonchev–Trinajstić information content (AvgIpc) is 2.54. The van der Waals surface area contributed by atoms with Gasteiger partial charge < -0.3 is 19.5 Å². The Hall–Kier alpha value is -1.63. The van der Waals surface area contributed by atoms with Gasteiger partial charge in [-0.05, 0) is 32.8 Å². The van der Waals surface area contributed by atoms with Crippen molar-refractivity contribution in [2.24, 2.45) is 0 Å². The lowest BCUT2D eigenvalue weighted by Crippen LogP contribution is -2.56. The van der Waals surface area contributed by atoms with Crippen LogP contribution < -0.4 is 0 Å². The van der Waals surface area contributed by atoms with Crippen molar-refractivity contribution in [3.63, 3.8) is 0 Å². The summed E-state index contributed by atoms with van der Waals surface area (Å²) < 4.78 is 10.6. The third-order valence-electron chi connectivity index (χ3n) is 4.35. The van der Waals surface area contributed by atoms with E-state index in [9.17, 15) is 9.90 Å². The van der Waals surface area contributed by atoms with Crippen LogP contribution in [0.25, 0.3) is 0 Å². The van der Waals surface area contributed by atoms with Crippen LogP contribution in [0.5, 0.6) is 0 Å². The predicted octanol–water partition coefficient (Wildman–Crippen LogP) is 2.51. The van der Waals surface area contributed by atoms with E-state index in [0.717, 1.165) is 13.1 Å². The number of piperazine rings is 1. The van der Waals surface area contributed by atoms with Crippen molar-refractivity contribution in [3.05, 3.63) is 35.9 Å². The van der Waals surface area contributed by atoms with Gasteiger partial charge in [0.15, 0.2) is 0 Å². The Bertz CT molecular complexity index is 559. The maximum absolute atomic E-state index is 12.6. The second-order valence-corrected chi connectivity index (χ2v) is 7.89. The highest BCUT2D eigenvalue weighted by molar-refractivity contribution is 5.68. The van der Waals surface area contributed by atoms with E-state index in [2.05, 4.69) is 17.0 Å². The number of carbonyl (C=O) groups excluding carboxylic acids is 1. The van der Waals surface area contributed by atoms with Crippen LogP contribution >= 0.6 is 0 Å². The highest BCUT2D eigenvalue weighted by Crippen LogP contribution is 2.20. The second-order valence-electron chi connectivity index (χ2n) is 7.89. The Morgan fingerprint density at radius 2 is 1.96 bits per heavy atom. The number of nitrogens with zero attached hydrogens (tertiary/aromatic N) is 2. The van der Waals surface area contributed by atoms with Gasteiger partial charge in [0.2, 0.25) is 0 Å². The summed E-state index contributed by atoms with van der Waals surface area (Å²) in [6, 6.07) is 10.2. The Labute approximate surface area is 156 Å². The van der Waals surface area contributed by atoms with Gasteiger partial charge in [0.1, 0.15) is 5.60 Å². The minimum atomic E-state index is -0.605. The summed E-state index contributed by atoms with van der Waals surface area (Å²) in [5.41, 5.74) is 0.711. The molecule has 0 aliphatic carbocycles. The summed E-state index contributed by atoms with van der Waals surface area (Å²) in [4.78, 5) is 16.7. The molecule has 1 saturated heterocycles.